The van der Waals surface area contributed by atoms with E-state index in [-0.39, 0.29) is 17.8 Å². The highest BCUT2D eigenvalue weighted by Gasteiger charge is 2.31. The second-order valence-corrected chi connectivity index (χ2v) is 11.2. The van der Waals surface area contributed by atoms with Crippen molar-refractivity contribution in [1.82, 2.24) is 24.3 Å². The van der Waals surface area contributed by atoms with Gasteiger partial charge >= 0.3 is 11.7 Å². The minimum absolute atomic E-state index is 0.141. The molecule has 1 aliphatic heterocycles. The summed E-state index contributed by atoms with van der Waals surface area (Å²) >= 11 is 0. The summed E-state index contributed by atoms with van der Waals surface area (Å²) in [6.45, 7) is 8.85. The number of urea groups is 1. The molecule has 5 N–H and O–H groups in total. The van der Waals surface area contributed by atoms with Gasteiger partial charge in [0.25, 0.3) is 0 Å². The Morgan fingerprint density at radius 1 is 1.08 bits per heavy atom. The number of carbonyl (C=O) groups is 2. The molecular formula is C28H42N8O3. The summed E-state index contributed by atoms with van der Waals surface area (Å²) < 4.78 is 1.48. The van der Waals surface area contributed by atoms with Crippen LogP contribution in [0.4, 0.5) is 10.6 Å². The minimum Gasteiger partial charge on any atom is -0.338 e. The number of piperazine rings is 1. The number of nitrogens with one attached hydrogen (secondary N) is 1. The molecule has 1 aromatic heterocycles. The molecule has 11 nitrogen and oxygen atoms in total. The number of nitrogens with zero attached hydrogens (tertiary/aromatic N) is 5. The fraction of sp³-hybridized carbons (Fsp3) is 0.571. The molecule has 1 saturated heterocycles. The fourth-order valence-corrected chi connectivity index (χ4v) is 5.38. The Morgan fingerprint density at radius 3 is 2.36 bits per heavy atom. The smallest absolute Gasteiger partial charge is 0.338 e. The molecule has 1 aliphatic carbocycles. The fourth-order valence-electron chi connectivity index (χ4n) is 5.38. The van der Waals surface area contributed by atoms with Gasteiger partial charge in [-0.1, -0.05) is 19.1 Å². The SMILES string of the molecule is CCN(Cc1cccc(-n2ccc(NC(=O)N3CCN(C(=O)C(C)(C)N)CC3)nc2=O)c1)C1CCC(N)CC1. The lowest BCUT2D eigenvalue weighted by Gasteiger charge is -2.37. The Bertz CT molecular complexity index is 1210. The molecule has 0 spiro atoms. The van der Waals surface area contributed by atoms with Gasteiger partial charge < -0.3 is 21.3 Å². The highest BCUT2D eigenvalue weighted by Crippen LogP contribution is 2.24. The van der Waals surface area contributed by atoms with Crippen molar-refractivity contribution in [1.29, 1.82) is 0 Å². The highest BCUT2D eigenvalue weighted by atomic mass is 16.2. The van der Waals surface area contributed by atoms with Crippen LogP contribution in [0.3, 0.4) is 0 Å². The maximum atomic E-state index is 12.9. The van der Waals surface area contributed by atoms with Gasteiger partial charge in [0.05, 0.1) is 11.2 Å². The van der Waals surface area contributed by atoms with E-state index in [2.05, 4.69) is 28.2 Å². The van der Waals surface area contributed by atoms with E-state index < -0.39 is 11.2 Å². The van der Waals surface area contributed by atoms with Crippen LogP contribution in [0.15, 0.2) is 41.3 Å². The lowest BCUT2D eigenvalue weighted by atomic mass is 9.90. The largest absolute Gasteiger partial charge is 0.354 e. The molecule has 1 saturated carbocycles. The van der Waals surface area contributed by atoms with Gasteiger partial charge in [-0.2, -0.15) is 4.98 Å². The van der Waals surface area contributed by atoms with Crippen LogP contribution in [0.25, 0.3) is 5.69 Å². The van der Waals surface area contributed by atoms with Gasteiger partial charge in [0.2, 0.25) is 5.91 Å². The lowest BCUT2D eigenvalue weighted by molar-refractivity contribution is -0.137. The summed E-state index contributed by atoms with van der Waals surface area (Å²) in [4.78, 5) is 47.9. The molecule has 3 amide bonds. The number of amides is 3. The van der Waals surface area contributed by atoms with Crippen molar-refractivity contribution in [2.24, 2.45) is 11.5 Å². The van der Waals surface area contributed by atoms with Gasteiger partial charge in [-0.3, -0.25) is 19.6 Å². The Balaban J connectivity index is 1.37. The zero-order chi connectivity index (χ0) is 28.2. The van der Waals surface area contributed by atoms with Crippen molar-refractivity contribution >= 4 is 17.8 Å². The average Bonchev–Trinajstić information content (AvgIpc) is 2.91. The molecule has 2 aliphatic rings. The first kappa shape index (κ1) is 28.7. The number of rotatable bonds is 7. The molecular weight excluding hydrogens is 496 g/mol. The average molecular weight is 539 g/mol. The van der Waals surface area contributed by atoms with Crippen LogP contribution in [-0.2, 0) is 11.3 Å². The van der Waals surface area contributed by atoms with E-state index in [9.17, 15) is 14.4 Å². The number of carbonyl (C=O) groups excluding carboxylic acids is 2. The molecule has 11 heteroatoms. The summed E-state index contributed by atoms with van der Waals surface area (Å²) in [5, 5.41) is 2.71. The maximum absolute atomic E-state index is 12.9. The quantitative estimate of drug-likeness (QED) is 0.487. The first-order valence-electron chi connectivity index (χ1n) is 13.9. The molecule has 0 atom stereocenters. The van der Waals surface area contributed by atoms with Crippen molar-refractivity contribution in [3.63, 3.8) is 0 Å². The van der Waals surface area contributed by atoms with Crippen LogP contribution in [0.1, 0.15) is 52.0 Å². The summed E-state index contributed by atoms with van der Waals surface area (Å²) in [5.41, 5.74) is 12.4. The van der Waals surface area contributed by atoms with Crippen LogP contribution in [0, 0.1) is 0 Å². The molecule has 212 valence electrons. The van der Waals surface area contributed by atoms with Crippen molar-refractivity contribution in [2.45, 2.75) is 70.6 Å². The van der Waals surface area contributed by atoms with Crippen LogP contribution in [-0.4, -0.2) is 86.5 Å². The molecule has 0 radical (unpaired) electrons. The number of hydrogen-bond acceptors (Lipinski definition) is 7. The van der Waals surface area contributed by atoms with Gasteiger partial charge in [0.15, 0.2) is 0 Å². The summed E-state index contributed by atoms with van der Waals surface area (Å²) in [5.74, 6) is 0.0460. The van der Waals surface area contributed by atoms with Crippen molar-refractivity contribution in [3.8, 4) is 5.69 Å². The van der Waals surface area contributed by atoms with E-state index in [1.165, 1.54) is 4.57 Å². The van der Waals surface area contributed by atoms with Crippen LogP contribution >= 0.6 is 0 Å². The van der Waals surface area contributed by atoms with E-state index in [1.807, 2.05) is 18.2 Å². The molecule has 0 unspecified atom stereocenters. The lowest BCUT2D eigenvalue weighted by Crippen LogP contribution is -2.58. The Kier molecular flexibility index (Phi) is 9.04. The minimum atomic E-state index is -0.947. The third-order valence-electron chi connectivity index (χ3n) is 7.68. The second-order valence-electron chi connectivity index (χ2n) is 11.2. The van der Waals surface area contributed by atoms with Gasteiger partial charge in [-0.15, -0.1) is 0 Å². The summed E-state index contributed by atoms with van der Waals surface area (Å²) in [7, 11) is 0. The molecule has 4 rings (SSSR count). The predicted octanol–water partition coefficient (Wildman–Crippen LogP) is 1.74. The first-order valence-corrected chi connectivity index (χ1v) is 13.9. The first-order chi connectivity index (χ1) is 18.5. The van der Waals surface area contributed by atoms with Crippen LogP contribution < -0.4 is 22.5 Å². The monoisotopic (exact) mass is 538 g/mol. The van der Waals surface area contributed by atoms with E-state index in [4.69, 9.17) is 11.5 Å². The number of nitrogens with two attached hydrogens (primary N) is 2. The predicted molar refractivity (Wildman–Crippen MR) is 152 cm³/mol. The standard InChI is InChI=1S/C28H42N8O3/c1-4-33(22-10-8-21(29)9-11-22)19-20-6-5-7-23(18-20)36-13-12-24(32-27(36)39)31-26(38)35-16-14-34(15-17-35)25(37)28(2,3)30/h5-7,12-13,18,21-22H,4,8-11,14-17,19,29-30H2,1-3H3,(H,31,32,38,39). The van der Waals surface area contributed by atoms with E-state index in [1.54, 1.807) is 35.9 Å². The Labute approximate surface area is 230 Å². The van der Waals surface area contributed by atoms with Gasteiger partial charge in [0, 0.05) is 51.0 Å². The van der Waals surface area contributed by atoms with Crippen molar-refractivity contribution < 1.29 is 9.59 Å². The number of benzene rings is 1. The molecule has 2 aromatic rings. The topological polar surface area (TPSA) is 143 Å². The zero-order valence-corrected chi connectivity index (χ0v) is 23.3. The van der Waals surface area contributed by atoms with Crippen molar-refractivity contribution in [3.05, 3.63) is 52.6 Å². The van der Waals surface area contributed by atoms with E-state index in [0.717, 1.165) is 50.0 Å². The Hall–Kier alpha value is -3.28. The summed E-state index contributed by atoms with van der Waals surface area (Å²) in [6.07, 6.45) is 5.99. The van der Waals surface area contributed by atoms with Crippen molar-refractivity contribution in [2.75, 3.05) is 38.0 Å². The molecule has 2 heterocycles. The maximum Gasteiger partial charge on any atom is 0.354 e. The number of hydrogen-bond donors (Lipinski definition) is 3. The molecule has 2 fully saturated rings. The normalized spacial score (nSPS) is 20.3. The third kappa shape index (κ3) is 7.23. The number of anilines is 1. The highest BCUT2D eigenvalue weighted by molar-refractivity contribution is 5.89. The van der Waals surface area contributed by atoms with Crippen LogP contribution in [0.5, 0.6) is 0 Å². The molecule has 1 aromatic carbocycles. The van der Waals surface area contributed by atoms with Gasteiger partial charge in [0.1, 0.15) is 5.82 Å². The molecule has 39 heavy (non-hydrogen) atoms. The summed E-state index contributed by atoms with van der Waals surface area (Å²) in [6, 6.07) is 10.0. The third-order valence-corrected chi connectivity index (χ3v) is 7.68. The zero-order valence-electron chi connectivity index (χ0n) is 23.3. The number of aromatic nitrogens is 2. The van der Waals surface area contributed by atoms with E-state index >= 15 is 0 Å². The Morgan fingerprint density at radius 2 is 1.74 bits per heavy atom. The van der Waals surface area contributed by atoms with Gasteiger partial charge in [-0.25, -0.2) is 9.59 Å². The van der Waals surface area contributed by atoms with Crippen LogP contribution in [0.2, 0.25) is 0 Å². The second kappa shape index (κ2) is 12.3. The molecule has 0 bridgehead atoms. The van der Waals surface area contributed by atoms with E-state index in [0.29, 0.717) is 38.3 Å². The van der Waals surface area contributed by atoms with Gasteiger partial charge in [-0.05, 0) is 69.8 Å².